The molecule has 0 amide bonds. The minimum atomic E-state index is 0.0686. The highest BCUT2D eigenvalue weighted by Crippen LogP contribution is 2.28. The Morgan fingerprint density at radius 3 is 2.93 bits per heavy atom. The first kappa shape index (κ1) is 18.6. The molecular weight excluding hydrogens is 352 g/mol. The molecule has 3 aromatic rings. The first-order chi connectivity index (χ1) is 13.6. The summed E-state index contributed by atoms with van der Waals surface area (Å²) < 4.78 is 6.02. The molecule has 0 radical (unpaired) electrons. The Hall–Kier alpha value is -2.80. The number of morpholine rings is 1. The molecule has 7 heteroatoms. The Morgan fingerprint density at radius 2 is 2.14 bits per heavy atom. The molecule has 0 aliphatic carbocycles. The van der Waals surface area contributed by atoms with Crippen molar-refractivity contribution in [1.29, 1.82) is 0 Å². The number of ether oxygens (including phenoxy) is 1. The van der Waals surface area contributed by atoms with Crippen LogP contribution in [0.5, 0.6) is 0 Å². The molecule has 0 N–H and O–H groups in total. The number of fused-ring (bicyclic) bond motifs is 1. The Bertz CT molecular complexity index is 933. The minimum Gasteiger partial charge on any atom is -0.373 e. The van der Waals surface area contributed by atoms with Crippen LogP contribution in [0.1, 0.15) is 25.3 Å². The average molecular weight is 378 g/mol. The predicted octanol–water partition coefficient (Wildman–Crippen LogP) is 2.88. The second-order valence-corrected chi connectivity index (χ2v) is 7.53. The van der Waals surface area contributed by atoms with Gasteiger partial charge in [0.25, 0.3) is 0 Å². The lowest BCUT2D eigenvalue weighted by molar-refractivity contribution is 0.0456. The van der Waals surface area contributed by atoms with Crippen LogP contribution in [0, 0.1) is 0 Å². The van der Waals surface area contributed by atoms with Crippen molar-refractivity contribution in [2.75, 3.05) is 43.1 Å². The van der Waals surface area contributed by atoms with E-state index in [0.29, 0.717) is 12.5 Å². The van der Waals surface area contributed by atoms with Crippen molar-refractivity contribution in [3.8, 4) is 0 Å². The van der Waals surface area contributed by atoms with Crippen LogP contribution in [0.15, 0.2) is 42.9 Å². The summed E-state index contributed by atoms with van der Waals surface area (Å²) in [6.07, 6.45) is 3.41. The van der Waals surface area contributed by atoms with Gasteiger partial charge < -0.3 is 14.5 Å². The largest absolute Gasteiger partial charge is 0.373 e. The number of nitrogens with zero attached hydrogens (tertiary/aromatic N) is 6. The smallest absolute Gasteiger partial charge is 0.151 e. The highest BCUT2D eigenvalue weighted by molar-refractivity contribution is 5.90. The van der Waals surface area contributed by atoms with E-state index in [9.17, 15) is 0 Å². The van der Waals surface area contributed by atoms with Gasteiger partial charge in [-0.05, 0) is 35.7 Å². The SMILES string of the molecule is CC(C)c1ccc2ncnc(N3CCOC(CN(C)c4cccnn4)C3)c2c1. The monoisotopic (exact) mass is 378 g/mol. The maximum absolute atomic E-state index is 6.02. The highest BCUT2D eigenvalue weighted by atomic mass is 16.5. The minimum absolute atomic E-state index is 0.0686. The summed E-state index contributed by atoms with van der Waals surface area (Å²) in [5.41, 5.74) is 2.28. The Balaban J connectivity index is 1.55. The zero-order chi connectivity index (χ0) is 19.5. The molecule has 4 rings (SSSR count). The molecule has 146 valence electrons. The van der Waals surface area contributed by atoms with Crippen molar-refractivity contribution >= 4 is 22.5 Å². The van der Waals surface area contributed by atoms with Gasteiger partial charge in [-0.3, -0.25) is 0 Å². The molecule has 28 heavy (non-hydrogen) atoms. The van der Waals surface area contributed by atoms with E-state index in [1.165, 1.54) is 5.56 Å². The second kappa shape index (κ2) is 8.06. The van der Waals surface area contributed by atoms with Crippen LogP contribution in [-0.2, 0) is 4.74 Å². The van der Waals surface area contributed by atoms with E-state index in [0.717, 1.165) is 42.2 Å². The third-order valence-electron chi connectivity index (χ3n) is 5.17. The number of likely N-dealkylation sites (N-methyl/N-ethyl adjacent to an activating group) is 1. The molecule has 0 spiro atoms. The fraction of sp³-hybridized carbons (Fsp3) is 0.429. The Kier molecular flexibility index (Phi) is 5.34. The lowest BCUT2D eigenvalue weighted by atomic mass is 10.0. The second-order valence-electron chi connectivity index (χ2n) is 7.53. The van der Waals surface area contributed by atoms with Crippen molar-refractivity contribution in [3.63, 3.8) is 0 Å². The molecular formula is C21H26N6O. The van der Waals surface area contributed by atoms with Gasteiger partial charge in [0.1, 0.15) is 12.1 Å². The normalized spacial score (nSPS) is 17.3. The van der Waals surface area contributed by atoms with E-state index in [-0.39, 0.29) is 6.10 Å². The number of hydrogen-bond donors (Lipinski definition) is 0. The van der Waals surface area contributed by atoms with Gasteiger partial charge >= 0.3 is 0 Å². The van der Waals surface area contributed by atoms with Crippen LogP contribution in [0.3, 0.4) is 0 Å². The van der Waals surface area contributed by atoms with Gasteiger partial charge in [0, 0.05) is 38.3 Å². The van der Waals surface area contributed by atoms with Gasteiger partial charge in [-0.2, -0.15) is 5.10 Å². The zero-order valence-corrected chi connectivity index (χ0v) is 16.6. The van der Waals surface area contributed by atoms with Gasteiger partial charge in [-0.1, -0.05) is 19.9 Å². The van der Waals surface area contributed by atoms with Crippen molar-refractivity contribution in [3.05, 3.63) is 48.4 Å². The van der Waals surface area contributed by atoms with Gasteiger partial charge in [0.05, 0.1) is 18.2 Å². The number of anilines is 2. The molecule has 1 saturated heterocycles. The third kappa shape index (κ3) is 3.89. The van der Waals surface area contributed by atoms with Crippen molar-refractivity contribution in [2.45, 2.75) is 25.9 Å². The summed E-state index contributed by atoms with van der Waals surface area (Å²) in [6, 6.07) is 10.3. The van der Waals surface area contributed by atoms with Crippen LogP contribution in [0.25, 0.3) is 10.9 Å². The summed E-state index contributed by atoms with van der Waals surface area (Å²) in [5.74, 6) is 2.30. The maximum Gasteiger partial charge on any atom is 0.151 e. The molecule has 1 unspecified atom stereocenters. The van der Waals surface area contributed by atoms with Crippen molar-refractivity contribution in [2.24, 2.45) is 0 Å². The number of rotatable bonds is 5. The lowest BCUT2D eigenvalue weighted by Crippen LogP contribution is -2.47. The summed E-state index contributed by atoms with van der Waals surface area (Å²) in [5, 5.41) is 9.24. The average Bonchev–Trinajstić information content (AvgIpc) is 2.73. The summed E-state index contributed by atoms with van der Waals surface area (Å²) in [4.78, 5) is 13.5. The molecule has 1 aliphatic heterocycles. The quantitative estimate of drug-likeness (QED) is 0.676. The van der Waals surface area contributed by atoms with Gasteiger partial charge in [-0.15, -0.1) is 5.10 Å². The Labute approximate surface area is 165 Å². The highest BCUT2D eigenvalue weighted by Gasteiger charge is 2.24. The van der Waals surface area contributed by atoms with Crippen LogP contribution < -0.4 is 9.80 Å². The summed E-state index contributed by atoms with van der Waals surface area (Å²) >= 11 is 0. The van der Waals surface area contributed by atoms with E-state index in [2.05, 4.69) is 62.0 Å². The van der Waals surface area contributed by atoms with Gasteiger partial charge in [0.2, 0.25) is 0 Å². The molecule has 0 bridgehead atoms. The predicted molar refractivity (Wildman–Crippen MR) is 111 cm³/mol. The van der Waals surface area contributed by atoms with Gasteiger partial charge in [-0.25, -0.2) is 9.97 Å². The number of hydrogen-bond acceptors (Lipinski definition) is 7. The molecule has 1 aliphatic rings. The summed E-state index contributed by atoms with van der Waals surface area (Å²) in [6.45, 7) is 7.44. The molecule has 2 aromatic heterocycles. The zero-order valence-electron chi connectivity index (χ0n) is 16.6. The number of benzene rings is 1. The maximum atomic E-state index is 6.02. The molecule has 3 heterocycles. The van der Waals surface area contributed by atoms with E-state index >= 15 is 0 Å². The van der Waals surface area contributed by atoms with E-state index < -0.39 is 0 Å². The van der Waals surface area contributed by atoms with Crippen LogP contribution in [0.4, 0.5) is 11.6 Å². The standard InChI is InChI=1S/C21H26N6O/c1-15(2)16-6-7-19-18(11-16)21(23-14-22-19)27-9-10-28-17(13-27)12-26(3)20-5-4-8-24-25-20/h4-8,11,14-15,17H,9-10,12-13H2,1-3H3. The van der Waals surface area contributed by atoms with Gasteiger partial charge in [0.15, 0.2) is 5.82 Å². The third-order valence-corrected chi connectivity index (χ3v) is 5.17. The first-order valence-electron chi connectivity index (χ1n) is 9.72. The topological polar surface area (TPSA) is 67.3 Å². The number of aromatic nitrogens is 4. The fourth-order valence-electron chi connectivity index (χ4n) is 3.59. The van der Waals surface area contributed by atoms with E-state index in [4.69, 9.17) is 4.74 Å². The van der Waals surface area contributed by atoms with Crippen molar-refractivity contribution < 1.29 is 4.74 Å². The molecule has 1 aromatic carbocycles. The first-order valence-corrected chi connectivity index (χ1v) is 9.72. The fourth-order valence-corrected chi connectivity index (χ4v) is 3.59. The van der Waals surface area contributed by atoms with E-state index in [1.54, 1.807) is 12.5 Å². The molecule has 7 nitrogen and oxygen atoms in total. The molecule has 1 atom stereocenters. The van der Waals surface area contributed by atoms with Crippen LogP contribution in [0.2, 0.25) is 0 Å². The Morgan fingerprint density at radius 1 is 1.25 bits per heavy atom. The lowest BCUT2D eigenvalue weighted by Gasteiger charge is -2.36. The summed E-state index contributed by atoms with van der Waals surface area (Å²) in [7, 11) is 2.02. The van der Waals surface area contributed by atoms with Crippen LogP contribution in [-0.4, -0.2) is 59.6 Å². The van der Waals surface area contributed by atoms with E-state index in [1.807, 2.05) is 19.2 Å². The molecule has 0 saturated carbocycles. The molecule has 1 fully saturated rings. The van der Waals surface area contributed by atoms with Crippen molar-refractivity contribution in [1.82, 2.24) is 20.2 Å². The van der Waals surface area contributed by atoms with Crippen LogP contribution >= 0.6 is 0 Å².